The summed E-state index contributed by atoms with van der Waals surface area (Å²) in [6.45, 7) is 2.95. The quantitative estimate of drug-likeness (QED) is 0.763. The van der Waals surface area contributed by atoms with Gasteiger partial charge >= 0.3 is 5.97 Å². The third-order valence-electron chi connectivity index (χ3n) is 4.01. The van der Waals surface area contributed by atoms with Crippen LogP contribution in [0.4, 0.5) is 0 Å². The van der Waals surface area contributed by atoms with Crippen LogP contribution in [0.25, 0.3) is 0 Å². The van der Waals surface area contributed by atoms with Crippen molar-refractivity contribution in [2.75, 3.05) is 13.1 Å². The molecule has 18 heavy (non-hydrogen) atoms. The molecule has 2 atom stereocenters. The molecule has 1 aliphatic heterocycles. The molecule has 0 aromatic carbocycles. The first-order chi connectivity index (χ1) is 8.61. The summed E-state index contributed by atoms with van der Waals surface area (Å²) in [7, 11) is 0. The maximum atomic E-state index is 12.0. The van der Waals surface area contributed by atoms with Crippen LogP contribution in [0.2, 0.25) is 0 Å². The summed E-state index contributed by atoms with van der Waals surface area (Å²) in [5, 5.41) is 12.4. The molecule has 1 saturated heterocycles. The number of likely N-dealkylation sites (tertiary alicyclic amines) is 1. The van der Waals surface area contributed by atoms with E-state index in [4.69, 9.17) is 0 Å². The van der Waals surface area contributed by atoms with Crippen LogP contribution >= 0.6 is 0 Å². The highest BCUT2D eigenvalue weighted by Crippen LogP contribution is 2.26. The molecular weight excluding hydrogens is 232 g/mol. The summed E-state index contributed by atoms with van der Waals surface area (Å²) in [6, 6.07) is -0.150. The third kappa shape index (κ3) is 3.22. The number of aliphatic carboxylic acids is 1. The zero-order valence-electron chi connectivity index (χ0n) is 10.9. The minimum atomic E-state index is -0.868. The number of carbonyl (C=O) groups excluding carboxylic acids is 1. The van der Waals surface area contributed by atoms with Crippen molar-refractivity contribution < 1.29 is 14.7 Å². The van der Waals surface area contributed by atoms with Crippen LogP contribution in [0.1, 0.15) is 39.0 Å². The summed E-state index contributed by atoms with van der Waals surface area (Å²) < 4.78 is 0. The zero-order chi connectivity index (χ0) is 13.1. The highest BCUT2D eigenvalue weighted by atomic mass is 16.4. The Morgan fingerprint density at radius 2 is 2.06 bits per heavy atom. The summed E-state index contributed by atoms with van der Waals surface area (Å²) >= 11 is 0. The lowest BCUT2D eigenvalue weighted by Crippen LogP contribution is -2.52. The normalized spacial score (nSPS) is 28.2. The molecule has 1 saturated carbocycles. The number of hydrogen-bond acceptors (Lipinski definition) is 3. The molecule has 2 rings (SSSR count). The highest BCUT2D eigenvalue weighted by Gasteiger charge is 2.35. The van der Waals surface area contributed by atoms with Crippen molar-refractivity contribution in [3.8, 4) is 0 Å². The number of amides is 1. The number of carboxylic acids is 1. The summed E-state index contributed by atoms with van der Waals surface area (Å²) in [5.74, 6) is -0.497. The molecule has 2 N–H and O–H groups in total. The van der Waals surface area contributed by atoms with Crippen molar-refractivity contribution >= 4 is 11.9 Å². The average molecular weight is 254 g/mol. The number of nitrogens with zero attached hydrogens (tertiary/aromatic N) is 1. The first-order valence-corrected chi connectivity index (χ1v) is 6.87. The van der Waals surface area contributed by atoms with Crippen molar-refractivity contribution in [2.45, 2.75) is 51.1 Å². The van der Waals surface area contributed by atoms with Crippen LogP contribution in [-0.2, 0) is 9.59 Å². The Morgan fingerprint density at radius 1 is 1.33 bits per heavy atom. The van der Waals surface area contributed by atoms with Gasteiger partial charge in [0.15, 0.2) is 0 Å². The third-order valence-corrected chi connectivity index (χ3v) is 4.01. The molecule has 5 nitrogen and oxygen atoms in total. The van der Waals surface area contributed by atoms with Gasteiger partial charge in [-0.15, -0.1) is 0 Å². The molecule has 2 unspecified atom stereocenters. The van der Waals surface area contributed by atoms with Crippen molar-refractivity contribution in [3.63, 3.8) is 0 Å². The molecular formula is C13H22N2O3. The lowest BCUT2D eigenvalue weighted by Gasteiger charge is -2.37. The van der Waals surface area contributed by atoms with Crippen LogP contribution in [-0.4, -0.2) is 47.1 Å². The predicted octanol–water partition coefficient (Wildman–Crippen LogP) is 0.840. The van der Waals surface area contributed by atoms with Crippen molar-refractivity contribution in [1.29, 1.82) is 0 Å². The van der Waals surface area contributed by atoms with E-state index in [1.807, 2.05) is 0 Å². The lowest BCUT2D eigenvalue weighted by atomic mass is 9.89. The Labute approximate surface area is 108 Å². The van der Waals surface area contributed by atoms with Crippen molar-refractivity contribution in [3.05, 3.63) is 0 Å². The number of carbonyl (C=O) groups is 2. The van der Waals surface area contributed by atoms with Crippen LogP contribution in [0.3, 0.4) is 0 Å². The number of carboxylic acid groups (broad SMARTS) is 1. The van der Waals surface area contributed by atoms with Gasteiger partial charge in [-0.05, 0) is 31.6 Å². The van der Waals surface area contributed by atoms with E-state index >= 15 is 0 Å². The van der Waals surface area contributed by atoms with Gasteiger partial charge < -0.3 is 15.3 Å². The molecule has 5 heteroatoms. The summed E-state index contributed by atoms with van der Waals surface area (Å²) in [5.41, 5.74) is 0. The summed E-state index contributed by atoms with van der Waals surface area (Å²) in [4.78, 5) is 24.9. The predicted molar refractivity (Wildman–Crippen MR) is 67.2 cm³/mol. The number of rotatable bonds is 5. The second-order valence-corrected chi connectivity index (χ2v) is 5.39. The largest absolute Gasteiger partial charge is 0.480 e. The molecule has 2 aliphatic rings. The maximum Gasteiger partial charge on any atom is 0.326 e. The molecule has 0 aromatic heterocycles. The van der Waals surface area contributed by atoms with Gasteiger partial charge in [0, 0.05) is 12.6 Å². The second-order valence-electron chi connectivity index (χ2n) is 5.39. The van der Waals surface area contributed by atoms with Gasteiger partial charge in [-0.1, -0.05) is 13.3 Å². The van der Waals surface area contributed by atoms with E-state index in [2.05, 4.69) is 12.2 Å². The van der Waals surface area contributed by atoms with Gasteiger partial charge in [0.05, 0.1) is 6.54 Å². The van der Waals surface area contributed by atoms with Gasteiger partial charge in [0.25, 0.3) is 0 Å². The Balaban J connectivity index is 1.91. The topological polar surface area (TPSA) is 69.6 Å². The van der Waals surface area contributed by atoms with Crippen LogP contribution in [0.5, 0.6) is 0 Å². The van der Waals surface area contributed by atoms with Crippen LogP contribution in [0.15, 0.2) is 0 Å². The number of nitrogens with one attached hydrogen (secondary N) is 1. The van der Waals surface area contributed by atoms with Gasteiger partial charge in [0.1, 0.15) is 6.04 Å². The molecule has 1 heterocycles. The smallest absolute Gasteiger partial charge is 0.326 e. The Kier molecular flexibility index (Phi) is 4.22. The maximum absolute atomic E-state index is 12.0. The van der Waals surface area contributed by atoms with E-state index in [1.165, 1.54) is 0 Å². The van der Waals surface area contributed by atoms with E-state index in [0.717, 1.165) is 25.7 Å². The van der Waals surface area contributed by atoms with Gasteiger partial charge in [-0.25, -0.2) is 4.79 Å². The lowest BCUT2D eigenvalue weighted by molar-refractivity contribution is -0.152. The molecule has 2 fully saturated rings. The second kappa shape index (κ2) is 5.69. The molecule has 102 valence electrons. The first-order valence-electron chi connectivity index (χ1n) is 6.87. The average Bonchev–Trinajstić information content (AvgIpc) is 3.19. The zero-order valence-corrected chi connectivity index (χ0v) is 10.9. The monoisotopic (exact) mass is 254 g/mol. The number of hydrogen-bond donors (Lipinski definition) is 2. The fourth-order valence-corrected chi connectivity index (χ4v) is 2.56. The molecule has 1 amide bonds. The fourth-order valence-electron chi connectivity index (χ4n) is 2.56. The molecule has 0 aromatic rings. The molecule has 0 bridgehead atoms. The van der Waals surface area contributed by atoms with Gasteiger partial charge in [0.2, 0.25) is 5.91 Å². The highest BCUT2D eigenvalue weighted by molar-refractivity contribution is 5.85. The van der Waals surface area contributed by atoms with Crippen LogP contribution < -0.4 is 5.32 Å². The molecule has 0 spiro atoms. The fraction of sp³-hybridized carbons (Fsp3) is 0.846. The van der Waals surface area contributed by atoms with E-state index in [1.54, 1.807) is 4.90 Å². The van der Waals surface area contributed by atoms with Crippen LogP contribution in [0, 0.1) is 5.92 Å². The van der Waals surface area contributed by atoms with Gasteiger partial charge in [-0.3, -0.25) is 4.79 Å². The van der Waals surface area contributed by atoms with E-state index < -0.39 is 12.0 Å². The molecule has 1 aliphatic carbocycles. The Hall–Kier alpha value is -1.10. The molecule has 0 radical (unpaired) electrons. The van der Waals surface area contributed by atoms with Crippen molar-refractivity contribution in [2.24, 2.45) is 5.92 Å². The van der Waals surface area contributed by atoms with E-state index in [9.17, 15) is 14.7 Å². The number of piperidine rings is 1. The summed E-state index contributed by atoms with van der Waals surface area (Å²) in [6.07, 6.45) is 4.78. The first kappa shape index (κ1) is 13.3. The minimum Gasteiger partial charge on any atom is -0.480 e. The minimum absolute atomic E-state index is 0.0659. The van der Waals surface area contributed by atoms with Gasteiger partial charge in [-0.2, -0.15) is 0 Å². The standard InChI is InChI=1S/C13H22N2O3/c1-2-9-5-6-15(11(7-9)13(17)18)12(16)8-14-10-3-4-10/h9-11,14H,2-8H2,1H3,(H,17,18). The van der Waals surface area contributed by atoms with Crippen molar-refractivity contribution in [1.82, 2.24) is 10.2 Å². The SMILES string of the molecule is CCC1CCN(C(=O)CNC2CC2)C(C(=O)O)C1. The van der Waals surface area contributed by atoms with E-state index in [-0.39, 0.29) is 12.5 Å². The van der Waals surface area contributed by atoms with E-state index in [0.29, 0.717) is 24.9 Å². The Bertz CT molecular complexity index is 328. The Morgan fingerprint density at radius 3 is 2.61 bits per heavy atom.